The highest BCUT2D eigenvalue weighted by atomic mass is 35.5. The molecule has 0 saturated carbocycles. The van der Waals surface area contributed by atoms with Crippen molar-refractivity contribution in [2.24, 2.45) is 0 Å². The first-order valence-electron chi connectivity index (χ1n) is 12.3. The number of para-hydroxylation sites is 2. The summed E-state index contributed by atoms with van der Waals surface area (Å²) in [5.74, 6) is 0.718. The van der Waals surface area contributed by atoms with E-state index in [1.165, 1.54) is 43.1 Å². The van der Waals surface area contributed by atoms with Gasteiger partial charge in [0.05, 0.1) is 23.7 Å². The molecule has 0 spiro atoms. The smallest absolute Gasteiger partial charge is 0.264 e. The molecule has 1 heterocycles. The molecular formula is C28H33ClN2O3S. The van der Waals surface area contributed by atoms with E-state index in [-0.39, 0.29) is 11.4 Å². The van der Waals surface area contributed by atoms with E-state index in [1.54, 1.807) is 36.4 Å². The van der Waals surface area contributed by atoms with Crippen LogP contribution in [-0.2, 0) is 16.6 Å². The van der Waals surface area contributed by atoms with Gasteiger partial charge in [0.2, 0.25) is 0 Å². The van der Waals surface area contributed by atoms with Crippen LogP contribution in [0.15, 0.2) is 83.8 Å². The number of hydrogen-bond acceptors (Lipinski definition) is 4. The van der Waals surface area contributed by atoms with E-state index in [0.717, 1.165) is 24.3 Å². The van der Waals surface area contributed by atoms with E-state index in [0.29, 0.717) is 17.3 Å². The monoisotopic (exact) mass is 512 g/mol. The number of sulfonamides is 1. The Morgan fingerprint density at radius 2 is 1.49 bits per heavy atom. The average Bonchev–Trinajstić information content (AvgIpc) is 3.15. The minimum absolute atomic E-state index is 0.164. The molecule has 186 valence electrons. The van der Waals surface area contributed by atoms with E-state index in [1.807, 2.05) is 42.5 Å². The quantitative estimate of drug-likeness (QED) is 0.296. The van der Waals surface area contributed by atoms with Gasteiger partial charge in [0, 0.05) is 17.1 Å². The number of hydrogen-bond donors (Lipinski definition) is 0. The van der Waals surface area contributed by atoms with Crippen LogP contribution in [0.1, 0.15) is 37.7 Å². The largest absolute Gasteiger partial charge is 0.493 e. The van der Waals surface area contributed by atoms with Gasteiger partial charge in [-0.2, -0.15) is 0 Å². The Bertz CT molecular complexity index is 1160. The third-order valence-electron chi connectivity index (χ3n) is 6.31. The molecular weight excluding hydrogens is 480 g/mol. The lowest BCUT2D eigenvalue weighted by molar-refractivity contribution is 0.239. The molecule has 7 heteroatoms. The molecule has 0 N–H and O–H groups in total. The number of halogens is 1. The van der Waals surface area contributed by atoms with Gasteiger partial charge in [-0.15, -0.1) is 0 Å². The molecule has 0 aromatic heterocycles. The summed E-state index contributed by atoms with van der Waals surface area (Å²) >= 11 is 6.00. The second-order valence-corrected chi connectivity index (χ2v) is 11.2. The SMILES string of the molecule is O=S(=O)(c1ccc(Cl)cc1)N(Cc1ccccc1OCCCN1CCCCCC1)c1ccccc1. The molecule has 3 aromatic rings. The maximum Gasteiger partial charge on any atom is 0.264 e. The number of benzene rings is 3. The molecule has 0 amide bonds. The van der Waals surface area contributed by atoms with Crippen molar-refractivity contribution in [3.63, 3.8) is 0 Å². The first-order valence-corrected chi connectivity index (χ1v) is 14.1. The van der Waals surface area contributed by atoms with Crippen molar-refractivity contribution in [2.75, 3.05) is 30.5 Å². The second kappa shape index (κ2) is 12.4. The van der Waals surface area contributed by atoms with Crippen molar-refractivity contribution in [3.8, 4) is 5.75 Å². The highest BCUT2D eigenvalue weighted by Crippen LogP contribution is 2.29. The summed E-state index contributed by atoms with van der Waals surface area (Å²) < 4.78 is 34.9. The molecule has 0 radical (unpaired) electrons. The molecule has 0 aliphatic carbocycles. The zero-order valence-corrected chi connectivity index (χ0v) is 21.6. The molecule has 1 fully saturated rings. The summed E-state index contributed by atoms with van der Waals surface area (Å²) in [7, 11) is -3.82. The van der Waals surface area contributed by atoms with Gasteiger partial charge in [-0.25, -0.2) is 8.42 Å². The van der Waals surface area contributed by atoms with Crippen LogP contribution >= 0.6 is 11.6 Å². The Morgan fingerprint density at radius 3 is 2.20 bits per heavy atom. The molecule has 0 atom stereocenters. The van der Waals surface area contributed by atoms with Crippen LogP contribution in [0.4, 0.5) is 5.69 Å². The Balaban J connectivity index is 1.50. The van der Waals surface area contributed by atoms with Crippen LogP contribution < -0.4 is 9.04 Å². The Labute approximate surface area is 214 Å². The fourth-order valence-corrected chi connectivity index (χ4v) is 5.97. The number of likely N-dealkylation sites (tertiary alicyclic amines) is 1. The van der Waals surface area contributed by atoms with Gasteiger partial charge in [0.25, 0.3) is 10.0 Å². The summed E-state index contributed by atoms with van der Waals surface area (Å²) in [4.78, 5) is 2.72. The van der Waals surface area contributed by atoms with E-state index in [9.17, 15) is 8.42 Å². The van der Waals surface area contributed by atoms with Gasteiger partial charge >= 0.3 is 0 Å². The minimum Gasteiger partial charge on any atom is -0.493 e. The third kappa shape index (κ3) is 7.00. The predicted octanol–water partition coefficient (Wildman–Crippen LogP) is 6.38. The van der Waals surface area contributed by atoms with Crippen molar-refractivity contribution in [1.82, 2.24) is 4.90 Å². The topological polar surface area (TPSA) is 49.9 Å². The number of nitrogens with zero attached hydrogens (tertiary/aromatic N) is 2. The lowest BCUT2D eigenvalue weighted by atomic mass is 10.2. The highest BCUT2D eigenvalue weighted by Gasteiger charge is 2.26. The summed E-state index contributed by atoms with van der Waals surface area (Å²) in [6.45, 7) is 4.14. The van der Waals surface area contributed by atoms with Crippen molar-refractivity contribution in [3.05, 3.63) is 89.4 Å². The van der Waals surface area contributed by atoms with E-state index in [2.05, 4.69) is 4.90 Å². The van der Waals surface area contributed by atoms with Crippen LogP contribution in [0.2, 0.25) is 5.02 Å². The second-order valence-electron chi connectivity index (χ2n) is 8.87. The molecule has 1 aliphatic heterocycles. The zero-order valence-electron chi connectivity index (χ0n) is 20.0. The molecule has 1 saturated heterocycles. The molecule has 0 unspecified atom stereocenters. The fraction of sp³-hybridized carbons (Fsp3) is 0.357. The molecule has 1 aliphatic rings. The highest BCUT2D eigenvalue weighted by molar-refractivity contribution is 7.92. The Morgan fingerprint density at radius 1 is 0.829 bits per heavy atom. The summed E-state index contributed by atoms with van der Waals surface area (Å²) in [5, 5.41) is 0.495. The van der Waals surface area contributed by atoms with Crippen LogP contribution in [0, 0.1) is 0 Å². The maximum absolute atomic E-state index is 13.7. The summed E-state index contributed by atoms with van der Waals surface area (Å²) in [6, 6.07) is 23.1. The van der Waals surface area contributed by atoms with Crippen molar-refractivity contribution < 1.29 is 13.2 Å². The van der Waals surface area contributed by atoms with Crippen molar-refractivity contribution >= 4 is 27.3 Å². The minimum atomic E-state index is -3.82. The first kappa shape index (κ1) is 25.5. The molecule has 35 heavy (non-hydrogen) atoms. The molecule has 0 bridgehead atoms. The Kier molecular flexibility index (Phi) is 9.07. The van der Waals surface area contributed by atoms with Gasteiger partial charge in [-0.05, 0) is 74.8 Å². The molecule has 5 nitrogen and oxygen atoms in total. The normalized spacial score (nSPS) is 14.9. The van der Waals surface area contributed by atoms with Crippen molar-refractivity contribution in [2.45, 2.75) is 43.5 Å². The summed E-state index contributed by atoms with van der Waals surface area (Å²) in [5.41, 5.74) is 1.42. The molecule has 3 aromatic carbocycles. The van der Waals surface area contributed by atoms with Crippen LogP contribution in [0.25, 0.3) is 0 Å². The average molecular weight is 513 g/mol. The van der Waals surface area contributed by atoms with Crippen LogP contribution in [-0.4, -0.2) is 39.6 Å². The van der Waals surface area contributed by atoms with E-state index < -0.39 is 10.0 Å². The Hall–Kier alpha value is -2.54. The van der Waals surface area contributed by atoms with Gasteiger partial charge in [0.1, 0.15) is 5.75 Å². The van der Waals surface area contributed by atoms with Crippen LogP contribution in [0.5, 0.6) is 5.75 Å². The van der Waals surface area contributed by atoms with Gasteiger partial charge in [-0.1, -0.05) is 60.8 Å². The van der Waals surface area contributed by atoms with E-state index >= 15 is 0 Å². The van der Waals surface area contributed by atoms with Crippen LogP contribution in [0.3, 0.4) is 0 Å². The van der Waals surface area contributed by atoms with Gasteiger partial charge in [0.15, 0.2) is 0 Å². The maximum atomic E-state index is 13.7. The zero-order chi connectivity index (χ0) is 24.5. The number of ether oxygens (including phenoxy) is 1. The number of rotatable bonds is 10. The number of anilines is 1. The van der Waals surface area contributed by atoms with E-state index in [4.69, 9.17) is 16.3 Å². The molecule has 4 rings (SSSR count). The van der Waals surface area contributed by atoms with Gasteiger partial charge in [-0.3, -0.25) is 4.31 Å². The van der Waals surface area contributed by atoms with Gasteiger partial charge < -0.3 is 9.64 Å². The fourth-order valence-electron chi connectivity index (χ4n) is 4.40. The third-order valence-corrected chi connectivity index (χ3v) is 8.35. The van der Waals surface area contributed by atoms with Crippen molar-refractivity contribution in [1.29, 1.82) is 0 Å². The predicted molar refractivity (Wildman–Crippen MR) is 143 cm³/mol. The standard InChI is InChI=1S/C28H33ClN2O3S/c29-25-15-17-27(18-16-25)35(32,33)31(26-12-4-3-5-13-26)23-24-11-6-7-14-28(24)34-22-10-21-30-19-8-1-2-9-20-30/h3-7,11-18H,1-2,8-10,19-23H2. The summed E-state index contributed by atoms with van der Waals surface area (Å²) in [6.07, 6.45) is 6.16. The lowest BCUT2D eigenvalue weighted by Crippen LogP contribution is -2.30. The lowest BCUT2D eigenvalue weighted by Gasteiger charge is -2.26. The first-order chi connectivity index (χ1) is 17.0.